The maximum absolute atomic E-state index is 12.5. The predicted octanol–water partition coefficient (Wildman–Crippen LogP) is 1.63. The number of nitrogens with two attached hydrogens (primary N) is 1. The van der Waals surface area contributed by atoms with Crippen molar-refractivity contribution in [3.05, 3.63) is 0 Å². The highest BCUT2D eigenvalue weighted by atomic mass is 32.2. The van der Waals surface area contributed by atoms with Gasteiger partial charge < -0.3 is 10.5 Å². The standard InChI is InChI=1S/C13H25NO3S/c1-11(4-8-14)18(15,16)12-5-9-17-13(10-12)6-2-3-7-13/h11-12H,2-10,14H2,1H3. The van der Waals surface area contributed by atoms with Crippen LogP contribution in [0.3, 0.4) is 0 Å². The number of sulfone groups is 1. The Labute approximate surface area is 110 Å². The van der Waals surface area contributed by atoms with Crippen molar-refractivity contribution < 1.29 is 13.2 Å². The summed E-state index contributed by atoms with van der Waals surface area (Å²) in [6.07, 6.45) is 6.32. The van der Waals surface area contributed by atoms with Gasteiger partial charge in [0.05, 0.1) is 16.1 Å². The van der Waals surface area contributed by atoms with Gasteiger partial charge in [0.15, 0.2) is 9.84 Å². The van der Waals surface area contributed by atoms with Crippen LogP contribution in [0.4, 0.5) is 0 Å². The highest BCUT2D eigenvalue weighted by Crippen LogP contribution is 2.42. The van der Waals surface area contributed by atoms with Crippen LogP contribution in [-0.2, 0) is 14.6 Å². The van der Waals surface area contributed by atoms with Gasteiger partial charge in [-0.3, -0.25) is 0 Å². The molecule has 106 valence electrons. The number of hydrogen-bond acceptors (Lipinski definition) is 4. The van der Waals surface area contributed by atoms with Gasteiger partial charge in [-0.25, -0.2) is 8.42 Å². The van der Waals surface area contributed by atoms with Gasteiger partial charge in [-0.2, -0.15) is 0 Å². The molecule has 2 fully saturated rings. The molecule has 1 aliphatic carbocycles. The maximum atomic E-state index is 12.5. The fourth-order valence-corrected chi connectivity index (χ4v) is 5.44. The summed E-state index contributed by atoms with van der Waals surface area (Å²) < 4.78 is 30.9. The van der Waals surface area contributed by atoms with Gasteiger partial charge in [0, 0.05) is 6.61 Å². The third-order valence-electron chi connectivity index (χ3n) is 4.56. The van der Waals surface area contributed by atoms with E-state index in [2.05, 4.69) is 0 Å². The van der Waals surface area contributed by atoms with Crippen molar-refractivity contribution in [1.29, 1.82) is 0 Å². The topological polar surface area (TPSA) is 69.4 Å². The molecule has 2 N–H and O–H groups in total. The summed E-state index contributed by atoms with van der Waals surface area (Å²) in [7, 11) is -3.05. The zero-order valence-corrected chi connectivity index (χ0v) is 12.0. The normalized spacial score (nSPS) is 29.6. The zero-order valence-electron chi connectivity index (χ0n) is 11.2. The van der Waals surface area contributed by atoms with Crippen LogP contribution in [0.25, 0.3) is 0 Å². The van der Waals surface area contributed by atoms with Crippen molar-refractivity contribution >= 4 is 9.84 Å². The van der Waals surface area contributed by atoms with Gasteiger partial charge in [-0.1, -0.05) is 12.8 Å². The summed E-state index contributed by atoms with van der Waals surface area (Å²) in [6, 6.07) is 0. The summed E-state index contributed by atoms with van der Waals surface area (Å²) >= 11 is 0. The Bertz CT molecular complexity index is 374. The van der Waals surface area contributed by atoms with E-state index in [1.807, 2.05) is 0 Å². The van der Waals surface area contributed by atoms with Crippen LogP contribution in [0.1, 0.15) is 51.9 Å². The van der Waals surface area contributed by atoms with Crippen molar-refractivity contribution in [2.24, 2.45) is 5.73 Å². The molecule has 2 rings (SSSR count). The maximum Gasteiger partial charge on any atom is 0.155 e. The Morgan fingerprint density at radius 2 is 2.06 bits per heavy atom. The van der Waals surface area contributed by atoms with E-state index in [1.165, 1.54) is 12.8 Å². The molecule has 4 nitrogen and oxygen atoms in total. The molecule has 5 heteroatoms. The second-order valence-corrected chi connectivity index (χ2v) is 8.48. The molecule has 1 aliphatic heterocycles. The average molecular weight is 275 g/mol. The second kappa shape index (κ2) is 5.47. The van der Waals surface area contributed by atoms with E-state index in [0.29, 0.717) is 32.4 Å². The first kappa shape index (κ1) is 14.3. The molecule has 0 amide bonds. The number of rotatable bonds is 4. The lowest BCUT2D eigenvalue weighted by Gasteiger charge is -2.38. The first-order chi connectivity index (χ1) is 8.50. The Morgan fingerprint density at radius 1 is 1.39 bits per heavy atom. The highest BCUT2D eigenvalue weighted by Gasteiger charge is 2.44. The van der Waals surface area contributed by atoms with Crippen LogP contribution >= 0.6 is 0 Å². The molecule has 18 heavy (non-hydrogen) atoms. The molecular weight excluding hydrogens is 250 g/mol. The second-order valence-electron chi connectivity index (χ2n) is 5.83. The van der Waals surface area contributed by atoms with Crippen molar-refractivity contribution in [3.8, 4) is 0 Å². The van der Waals surface area contributed by atoms with Gasteiger partial charge in [0.2, 0.25) is 0 Å². The van der Waals surface area contributed by atoms with Gasteiger partial charge in [0.25, 0.3) is 0 Å². The molecule has 0 bridgehead atoms. The molecule has 0 aromatic rings. The largest absolute Gasteiger partial charge is 0.375 e. The Hall–Kier alpha value is -0.130. The van der Waals surface area contributed by atoms with Crippen LogP contribution in [-0.4, -0.2) is 37.7 Å². The van der Waals surface area contributed by atoms with Gasteiger partial charge in [-0.15, -0.1) is 0 Å². The van der Waals surface area contributed by atoms with E-state index in [1.54, 1.807) is 6.92 Å². The smallest absolute Gasteiger partial charge is 0.155 e. The van der Waals surface area contributed by atoms with Gasteiger partial charge in [-0.05, 0) is 45.6 Å². The minimum Gasteiger partial charge on any atom is -0.375 e. The molecule has 0 radical (unpaired) electrons. The minimum atomic E-state index is -3.05. The SMILES string of the molecule is CC(CCN)S(=O)(=O)C1CCOC2(CCCC2)C1. The van der Waals surface area contributed by atoms with Crippen LogP contribution in [0.5, 0.6) is 0 Å². The molecule has 1 spiro atoms. The first-order valence-corrected chi connectivity index (χ1v) is 8.68. The summed E-state index contributed by atoms with van der Waals surface area (Å²) in [5.74, 6) is 0. The summed E-state index contributed by atoms with van der Waals surface area (Å²) in [6.45, 7) is 2.83. The molecule has 0 aromatic heterocycles. The van der Waals surface area contributed by atoms with Crippen molar-refractivity contribution in [3.63, 3.8) is 0 Å². The quantitative estimate of drug-likeness (QED) is 0.846. The van der Waals surface area contributed by atoms with Crippen LogP contribution in [0.15, 0.2) is 0 Å². The minimum absolute atomic E-state index is 0.127. The fraction of sp³-hybridized carbons (Fsp3) is 1.00. The van der Waals surface area contributed by atoms with E-state index in [9.17, 15) is 8.42 Å². The highest BCUT2D eigenvalue weighted by molar-refractivity contribution is 7.92. The molecule has 2 aliphatic rings. The number of ether oxygens (including phenoxy) is 1. The van der Waals surface area contributed by atoms with E-state index in [0.717, 1.165) is 12.8 Å². The molecule has 0 aromatic carbocycles. The summed E-state index contributed by atoms with van der Waals surface area (Å²) in [4.78, 5) is 0. The molecule has 1 heterocycles. The molecule has 1 saturated heterocycles. The lowest BCUT2D eigenvalue weighted by Crippen LogP contribution is -2.45. The van der Waals surface area contributed by atoms with Crippen LogP contribution < -0.4 is 5.73 Å². The molecule has 2 unspecified atom stereocenters. The van der Waals surface area contributed by atoms with Gasteiger partial charge in [0.1, 0.15) is 0 Å². The molecule has 2 atom stereocenters. The Kier molecular flexibility index (Phi) is 4.34. The van der Waals surface area contributed by atoms with E-state index in [4.69, 9.17) is 10.5 Å². The Morgan fingerprint density at radius 3 is 2.67 bits per heavy atom. The average Bonchev–Trinajstić information content (AvgIpc) is 2.77. The molecule has 1 saturated carbocycles. The van der Waals surface area contributed by atoms with E-state index < -0.39 is 9.84 Å². The Balaban J connectivity index is 2.08. The monoisotopic (exact) mass is 275 g/mol. The summed E-state index contributed by atoms with van der Waals surface area (Å²) in [5.41, 5.74) is 5.36. The lowest BCUT2D eigenvalue weighted by molar-refractivity contribution is -0.0713. The van der Waals surface area contributed by atoms with Crippen molar-refractivity contribution in [1.82, 2.24) is 0 Å². The third kappa shape index (κ3) is 2.73. The van der Waals surface area contributed by atoms with Crippen LogP contribution in [0.2, 0.25) is 0 Å². The first-order valence-electron chi connectivity index (χ1n) is 7.07. The predicted molar refractivity (Wildman–Crippen MR) is 72.2 cm³/mol. The van der Waals surface area contributed by atoms with E-state index >= 15 is 0 Å². The summed E-state index contributed by atoms with van der Waals surface area (Å²) in [5, 5.41) is -0.532. The van der Waals surface area contributed by atoms with Crippen LogP contribution in [0, 0.1) is 0 Å². The third-order valence-corrected chi connectivity index (χ3v) is 7.25. The van der Waals surface area contributed by atoms with Crippen molar-refractivity contribution in [2.75, 3.05) is 13.2 Å². The zero-order chi connectivity index (χ0) is 13.2. The lowest BCUT2D eigenvalue weighted by atomic mass is 9.92. The van der Waals surface area contributed by atoms with E-state index in [-0.39, 0.29) is 16.1 Å². The van der Waals surface area contributed by atoms with Crippen molar-refractivity contribution in [2.45, 2.75) is 68.0 Å². The fourth-order valence-electron chi connectivity index (χ4n) is 3.36. The number of hydrogen-bond donors (Lipinski definition) is 1. The molecular formula is C13H25NO3S. The van der Waals surface area contributed by atoms with Gasteiger partial charge >= 0.3 is 0 Å².